The lowest BCUT2D eigenvalue weighted by molar-refractivity contribution is 0.0734. The van der Waals surface area contributed by atoms with Gasteiger partial charge in [0.05, 0.1) is 0 Å². The first-order valence-corrected chi connectivity index (χ1v) is 7.58. The highest BCUT2D eigenvalue weighted by Crippen LogP contribution is 2.24. The molecule has 1 saturated heterocycles. The van der Waals surface area contributed by atoms with Gasteiger partial charge < -0.3 is 4.90 Å². The predicted octanol–water partition coefficient (Wildman–Crippen LogP) is 3.99. The molecule has 4 heteroatoms. The molecule has 0 spiro atoms. The molecule has 1 unspecified atom stereocenters. The minimum absolute atomic E-state index is 0.131. The fraction of sp³-hybridized carbons (Fsp3) is 0.500. The number of alkyl halides is 1. The molecule has 1 amide bonds. The lowest BCUT2D eigenvalue weighted by atomic mass is 10.1. The number of nitrogens with zero attached hydrogens (tertiary/aromatic N) is 1. The molecule has 98 valence electrons. The average Bonchev–Trinajstić information content (AvgIpc) is 2.75. The molecule has 1 heterocycles. The third kappa shape index (κ3) is 3.07. The van der Waals surface area contributed by atoms with Crippen LogP contribution < -0.4 is 0 Å². The zero-order chi connectivity index (χ0) is 13.1. The molecule has 0 aliphatic carbocycles. The number of carbonyl (C=O) groups is 1. The second-order valence-corrected chi connectivity index (χ2v) is 6.08. The van der Waals surface area contributed by atoms with E-state index < -0.39 is 0 Å². The third-order valence-electron chi connectivity index (χ3n) is 3.37. The van der Waals surface area contributed by atoms with E-state index >= 15 is 0 Å². The molecule has 0 radical (unpaired) electrons. The molecule has 0 N–H and O–H groups in total. The van der Waals surface area contributed by atoms with Gasteiger partial charge in [0.1, 0.15) is 0 Å². The Morgan fingerprint density at radius 3 is 2.94 bits per heavy atom. The SMILES string of the molecule is Cc1cc(Br)cc(C(=O)N2CCCC2CCCl)c1. The van der Waals surface area contributed by atoms with Gasteiger partial charge in [-0.3, -0.25) is 4.79 Å². The summed E-state index contributed by atoms with van der Waals surface area (Å²) in [5.41, 5.74) is 1.86. The van der Waals surface area contributed by atoms with Gasteiger partial charge in [0.25, 0.3) is 5.91 Å². The van der Waals surface area contributed by atoms with Crippen LogP contribution in [0.5, 0.6) is 0 Å². The second-order valence-electron chi connectivity index (χ2n) is 4.79. The van der Waals surface area contributed by atoms with Crippen LogP contribution in [0.4, 0.5) is 0 Å². The van der Waals surface area contributed by atoms with Gasteiger partial charge in [0, 0.05) is 28.5 Å². The number of likely N-dealkylation sites (tertiary alicyclic amines) is 1. The second kappa shape index (κ2) is 6.07. The van der Waals surface area contributed by atoms with E-state index in [0.29, 0.717) is 11.9 Å². The number of halogens is 2. The van der Waals surface area contributed by atoms with Gasteiger partial charge in [-0.05, 0) is 49.9 Å². The Bertz CT molecular complexity index is 429. The third-order valence-corrected chi connectivity index (χ3v) is 4.05. The fourth-order valence-corrected chi connectivity index (χ4v) is 3.41. The van der Waals surface area contributed by atoms with E-state index in [9.17, 15) is 4.79 Å². The standard InChI is InChI=1S/C14H17BrClNO/c1-10-7-11(9-12(15)8-10)14(18)17-6-2-3-13(17)4-5-16/h7-9,13H,2-6H2,1H3. The van der Waals surface area contributed by atoms with E-state index in [4.69, 9.17) is 11.6 Å². The summed E-state index contributed by atoms with van der Waals surface area (Å²) >= 11 is 9.25. The van der Waals surface area contributed by atoms with Gasteiger partial charge in [-0.25, -0.2) is 0 Å². The summed E-state index contributed by atoms with van der Waals surface area (Å²) in [5.74, 6) is 0.749. The summed E-state index contributed by atoms with van der Waals surface area (Å²) < 4.78 is 0.957. The molecule has 2 rings (SSSR count). The maximum Gasteiger partial charge on any atom is 0.254 e. The zero-order valence-corrected chi connectivity index (χ0v) is 12.8. The Hall–Kier alpha value is -0.540. The largest absolute Gasteiger partial charge is 0.336 e. The highest BCUT2D eigenvalue weighted by atomic mass is 79.9. The number of amides is 1. The lowest BCUT2D eigenvalue weighted by Gasteiger charge is -2.24. The van der Waals surface area contributed by atoms with Gasteiger partial charge in [-0.2, -0.15) is 0 Å². The van der Waals surface area contributed by atoms with Crippen molar-refractivity contribution in [1.29, 1.82) is 0 Å². The Morgan fingerprint density at radius 2 is 2.28 bits per heavy atom. The number of benzene rings is 1. The van der Waals surface area contributed by atoms with Crippen LogP contribution >= 0.6 is 27.5 Å². The maximum absolute atomic E-state index is 12.5. The normalized spacial score (nSPS) is 19.3. The summed E-state index contributed by atoms with van der Waals surface area (Å²) in [6, 6.07) is 6.17. The number of hydrogen-bond acceptors (Lipinski definition) is 1. The van der Waals surface area contributed by atoms with E-state index in [1.807, 2.05) is 30.0 Å². The Balaban J connectivity index is 2.19. The molecule has 0 aromatic heterocycles. The van der Waals surface area contributed by atoms with Crippen molar-refractivity contribution in [3.63, 3.8) is 0 Å². The Kier molecular flexibility index (Phi) is 4.68. The van der Waals surface area contributed by atoms with E-state index in [1.54, 1.807) is 0 Å². The van der Waals surface area contributed by atoms with Gasteiger partial charge in [-0.15, -0.1) is 11.6 Å². The Morgan fingerprint density at radius 1 is 1.50 bits per heavy atom. The molecular formula is C14H17BrClNO. The minimum Gasteiger partial charge on any atom is -0.336 e. The van der Waals surface area contributed by atoms with Crippen molar-refractivity contribution in [2.24, 2.45) is 0 Å². The van der Waals surface area contributed by atoms with Crippen molar-refractivity contribution in [3.05, 3.63) is 33.8 Å². The molecule has 1 aliphatic rings. The fourth-order valence-electron chi connectivity index (χ4n) is 2.55. The number of aryl methyl sites for hydroxylation is 1. The van der Waals surface area contributed by atoms with Gasteiger partial charge in [0.2, 0.25) is 0 Å². The van der Waals surface area contributed by atoms with Crippen molar-refractivity contribution in [2.75, 3.05) is 12.4 Å². The molecule has 1 aliphatic heterocycles. The van der Waals surface area contributed by atoms with Crippen LogP contribution in [0.2, 0.25) is 0 Å². The molecule has 1 fully saturated rings. The monoisotopic (exact) mass is 329 g/mol. The summed E-state index contributed by atoms with van der Waals surface area (Å²) in [4.78, 5) is 14.5. The molecule has 2 nitrogen and oxygen atoms in total. The van der Waals surface area contributed by atoms with E-state index in [0.717, 1.165) is 41.4 Å². The van der Waals surface area contributed by atoms with Crippen LogP contribution in [0.15, 0.2) is 22.7 Å². The van der Waals surface area contributed by atoms with E-state index in [2.05, 4.69) is 15.9 Å². The topological polar surface area (TPSA) is 20.3 Å². The summed E-state index contributed by atoms with van der Waals surface area (Å²) in [6.07, 6.45) is 3.05. The van der Waals surface area contributed by atoms with Crippen molar-refractivity contribution in [1.82, 2.24) is 4.90 Å². The van der Waals surface area contributed by atoms with Crippen LogP contribution in [0.1, 0.15) is 35.2 Å². The molecular weight excluding hydrogens is 314 g/mol. The quantitative estimate of drug-likeness (QED) is 0.767. The van der Waals surface area contributed by atoms with Crippen LogP contribution in [0.25, 0.3) is 0 Å². The van der Waals surface area contributed by atoms with E-state index in [1.165, 1.54) is 0 Å². The summed E-state index contributed by atoms with van der Waals surface area (Å²) in [5, 5.41) is 0. The van der Waals surface area contributed by atoms with E-state index in [-0.39, 0.29) is 5.91 Å². The number of hydrogen-bond donors (Lipinski definition) is 0. The highest BCUT2D eigenvalue weighted by Gasteiger charge is 2.28. The van der Waals surface area contributed by atoms with Crippen molar-refractivity contribution in [2.45, 2.75) is 32.2 Å². The van der Waals surface area contributed by atoms with Gasteiger partial charge >= 0.3 is 0 Å². The molecule has 0 bridgehead atoms. The highest BCUT2D eigenvalue weighted by molar-refractivity contribution is 9.10. The summed E-state index contributed by atoms with van der Waals surface area (Å²) in [6.45, 7) is 2.85. The van der Waals surface area contributed by atoms with Crippen LogP contribution in [-0.4, -0.2) is 29.3 Å². The maximum atomic E-state index is 12.5. The van der Waals surface area contributed by atoms with Crippen LogP contribution in [0, 0.1) is 6.92 Å². The number of rotatable bonds is 3. The predicted molar refractivity (Wildman–Crippen MR) is 78.3 cm³/mol. The molecule has 1 aromatic rings. The molecule has 1 atom stereocenters. The summed E-state index contributed by atoms with van der Waals surface area (Å²) in [7, 11) is 0. The number of carbonyl (C=O) groups excluding carboxylic acids is 1. The van der Waals surface area contributed by atoms with Crippen molar-refractivity contribution < 1.29 is 4.79 Å². The smallest absolute Gasteiger partial charge is 0.254 e. The van der Waals surface area contributed by atoms with Crippen LogP contribution in [0.3, 0.4) is 0 Å². The van der Waals surface area contributed by atoms with Crippen molar-refractivity contribution >= 4 is 33.4 Å². The van der Waals surface area contributed by atoms with Crippen LogP contribution in [-0.2, 0) is 0 Å². The first kappa shape index (κ1) is 13.9. The molecule has 0 saturated carbocycles. The lowest BCUT2D eigenvalue weighted by Crippen LogP contribution is -2.35. The zero-order valence-electron chi connectivity index (χ0n) is 10.5. The minimum atomic E-state index is 0.131. The molecule has 1 aromatic carbocycles. The van der Waals surface area contributed by atoms with Gasteiger partial charge in [0.15, 0.2) is 0 Å². The Labute approximate surface area is 121 Å². The first-order valence-electron chi connectivity index (χ1n) is 6.26. The first-order chi connectivity index (χ1) is 8.61. The van der Waals surface area contributed by atoms with Crippen molar-refractivity contribution in [3.8, 4) is 0 Å². The average molecular weight is 331 g/mol. The molecule has 18 heavy (non-hydrogen) atoms. The van der Waals surface area contributed by atoms with Gasteiger partial charge in [-0.1, -0.05) is 15.9 Å².